The van der Waals surface area contributed by atoms with Gasteiger partial charge in [0.15, 0.2) is 0 Å². The van der Waals surface area contributed by atoms with E-state index in [1.165, 1.54) is 11.6 Å². The lowest BCUT2D eigenvalue weighted by Gasteiger charge is -2.18. The molecule has 3 nitrogen and oxygen atoms in total. The van der Waals surface area contributed by atoms with Gasteiger partial charge in [0.2, 0.25) is 5.91 Å². The van der Waals surface area contributed by atoms with Crippen LogP contribution < -0.4 is 5.32 Å². The van der Waals surface area contributed by atoms with Gasteiger partial charge in [-0.2, -0.15) is 0 Å². The fraction of sp³-hybridized carbons (Fsp3) is 0.316. The van der Waals surface area contributed by atoms with Crippen molar-refractivity contribution in [1.29, 1.82) is 0 Å². The molecule has 0 aliphatic carbocycles. The Hall–Kier alpha value is -2.20. The van der Waals surface area contributed by atoms with Gasteiger partial charge < -0.3 is 10.2 Å². The molecular weight excluding hydrogens is 291 g/mol. The Labute approximate surface area is 136 Å². The van der Waals surface area contributed by atoms with Crippen molar-refractivity contribution < 1.29 is 9.18 Å². The van der Waals surface area contributed by atoms with Crippen molar-refractivity contribution in [3.8, 4) is 0 Å². The summed E-state index contributed by atoms with van der Waals surface area (Å²) in [7, 11) is 2.03. The molecule has 1 amide bonds. The van der Waals surface area contributed by atoms with Crippen LogP contribution in [0.3, 0.4) is 0 Å². The van der Waals surface area contributed by atoms with Gasteiger partial charge in [0.25, 0.3) is 0 Å². The SMILES string of the molecule is CN1CC(C(=O)NCc2ccccc2F)C(c2ccccc2)C1. The summed E-state index contributed by atoms with van der Waals surface area (Å²) in [4.78, 5) is 14.8. The Bertz CT molecular complexity index is 674. The van der Waals surface area contributed by atoms with Crippen molar-refractivity contribution >= 4 is 5.91 Å². The Kier molecular flexibility index (Phi) is 4.72. The van der Waals surface area contributed by atoms with E-state index in [2.05, 4.69) is 22.3 Å². The number of likely N-dealkylation sites (N-methyl/N-ethyl adjacent to an activating group) is 1. The van der Waals surface area contributed by atoms with Crippen LogP contribution in [0.15, 0.2) is 54.6 Å². The van der Waals surface area contributed by atoms with Gasteiger partial charge in [0.1, 0.15) is 5.82 Å². The van der Waals surface area contributed by atoms with Crippen LogP contribution in [0.25, 0.3) is 0 Å². The molecule has 2 atom stereocenters. The molecule has 1 heterocycles. The number of amides is 1. The largest absolute Gasteiger partial charge is 0.352 e. The molecule has 0 aromatic heterocycles. The summed E-state index contributed by atoms with van der Waals surface area (Å²) < 4.78 is 13.7. The molecule has 1 N–H and O–H groups in total. The Morgan fingerprint density at radius 3 is 2.57 bits per heavy atom. The van der Waals surface area contributed by atoms with E-state index in [0.29, 0.717) is 5.56 Å². The number of likely N-dealkylation sites (tertiary alicyclic amines) is 1. The van der Waals surface area contributed by atoms with Gasteiger partial charge in [-0.1, -0.05) is 48.5 Å². The van der Waals surface area contributed by atoms with E-state index in [0.717, 1.165) is 13.1 Å². The molecule has 2 aromatic rings. The molecule has 1 saturated heterocycles. The minimum Gasteiger partial charge on any atom is -0.352 e. The van der Waals surface area contributed by atoms with Gasteiger partial charge in [-0.05, 0) is 18.7 Å². The molecule has 1 aliphatic rings. The number of hydrogen-bond acceptors (Lipinski definition) is 2. The zero-order valence-corrected chi connectivity index (χ0v) is 13.2. The molecule has 2 unspecified atom stereocenters. The summed E-state index contributed by atoms with van der Waals surface area (Å²) in [6, 6.07) is 16.7. The maximum absolute atomic E-state index is 13.7. The molecule has 3 rings (SSSR count). The first kappa shape index (κ1) is 15.7. The quantitative estimate of drug-likeness (QED) is 0.941. The second kappa shape index (κ2) is 6.92. The second-order valence-corrected chi connectivity index (χ2v) is 6.15. The van der Waals surface area contributed by atoms with Crippen molar-refractivity contribution in [2.45, 2.75) is 12.5 Å². The topological polar surface area (TPSA) is 32.3 Å². The Morgan fingerprint density at radius 2 is 1.83 bits per heavy atom. The van der Waals surface area contributed by atoms with E-state index in [1.807, 2.05) is 25.2 Å². The second-order valence-electron chi connectivity index (χ2n) is 6.15. The van der Waals surface area contributed by atoms with Crippen LogP contribution in [0.4, 0.5) is 4.39 Å². The van der Waals surface area contributed by atoms with Crippen molar-refractivity contribution in [2.24, 2.45) is 5.92 Å². The van der Waals surface area contributed by atoms with Crippen LogP contribution in [-0.4, -0.2) is 30.9 Å². The molecule has 0 saturated carbocycles. The van der Waals surface area contributed by atoms with E-state index >= 15 is 0 Å². The minimum atomic E-state index is -0.282. The summed E-state index contributed by atoms with van der Waals surface area (Å²) in [5.74, 6) is -0.210. The average Bonchev–Trinajstić information content (AvgIpc) is 2.97. The highest BCUT2D eigenvalue weighted by atomic mass is 19.1. The van der Waals surface area contributed by atoms with Gasteiger partial charge in [-0.15, -0.1) is 0 Å². The van der Waals surface area contributed by atoms with Crippen LogP contribution in [0, 0.1) is 11.7 Å². The summed E-state index contributed by atoms with van der Waals surface area (Å²) in [6.45, 7) is 1.82. The van der Waals surface area contributed by atoms with Gasteiger partial charge >= 0.3 is 0 Å². The standard InChI is InChI=1S/C19H21FN2O/c1-22-12-16(14-7-3-2-4-8-14)17(13-22)19(23)21-11-15-9-5-6-10-18(15)20/h2-10,16-17H,11-13H2,1H3,(H,21,23). The van der Waals surface area contributed by atoms with E-state index in [4.69, 9.17) is 0 Å². The molecule has 4 heteroatoms. The maximum atomic E-state index is 13.7. The van der Waals surface area contributed by atoms with Crippen LogP contribution in [0.2, 0.25) is 0 Å². The number of rotatable bonds is 4. The van der Waals surface area contributed by atoms with Crippen molar-refractivity contribution in [3.05, 3.63) is 71.5 Å². The molecule has 0 radical (unpaired) electrons. The molecular formula is C19H21FN2O. The Morgan fingerprint density at radius 1 is 1.13 bits per heavy atom. The van der Waals surface area contributed by atoms with Crippen LogP contribution in [0.5, 0.6) is 0 Å². The van der Waals surface area contributed by atoms with E-state index in [-0.39, 0.29) is 30.1 Å². The fourth-order valence-electron chi connectivity index (χ4n) is 3.26. The first-order chi connectivity index (χ1) is 11.1. The zero-order chi connectivity index (χ0) is 16.2. The van der Waals surface area contributed by atoms with Gasteiger partial charge in [0, 0.05) is 31.1 Å². The highest BCUT2D eigenvalue weighted by molar-refractivity contribution is 5.80. The molecule has 0 spiro atoms. The number of carbonyl (C=O) groups is 1. The maximum Gasteiger partial charge on any atom is 0.225 e. The third kappa shape index (κ3) is 3.59. The third-order valence-electron chi connectivity index (χ3n) is 4.48. The number of nitrogens with zero attached hydrogens (tertiary/aromatic N) is 1. The Balaban J connectivity index is 1.69. The first-order valence-corrected chi connectivity index (χ1v) is 7.90. The number of hydrogen-bond donors (Lipinski definition) is 1. The average molecular weight is 312 g/mol. The van der Waals surface area contributed by atoms with Gasteiger partial charge in [-0.3, -0.25) is 4.79 Å². The van der Waals surface area contributed by atoms with Crippen molar-refractivity contribution in [3.63, 3.8) is 0 Å². The number of benzene rings is 2. The van der Waals surface area contributed by atoms with Gasteiger partial charge in [0.05, 0.1) is 5.92 Å². The van der Waals surface area contributed by atoms with Crippen molar-refractivity contribution in [1.82, 2.24) is 10.2 Å². The molecule has 1 fully saturated rings. The lowest BCUT2D eigenvalue weighted by atomic mass is 9.88. The molecule has 1 aliphatic heterocycles. The number of nitrogens with one attached hydrogen (secondary N) is 1. The fourth-order valence-corrected chi connectivity index (χ4v) is 3.26. The smallest absolute Gasteiger partial charge is 0.225 e. The third-order valence-corrected chi connectivity index (χ3v) is 4.48. The normalized spacial score (nSPS) is 21.3. The summed E-state index contributed by atoms with van der Waals surface area (Å²) in [5.41, 5.74) is 1.70. The van der Waals surface area contributed by atoms with E-state index in [1.54, 1.807) is 18.2 Å². The van der Waals surface area contributed by atoms with Crippen LogP contribution >= 0.6 is 0 Å². The predicted molar refractivity (Wildman–Crippen MR) is 88.4 cm³/mol. The molecule has 120 valence electrons. The van der Waals surface area contributed by atoms with Crippen molar-refractivity contribution in [2.75, 3.05) is 20.1 Å². The van der Waals surface area contributed by atoms with E-state index < -0.39 is 0 Å². The zero-order valence-electron chi connectivity index (χ0n) is 13.2. The highest BCUT2D eigenvalue weighted by Crippen LogP contribution is 2.32. The van der Waals surface area contributed by atoms with E-state index in [9.17, 15) is 9.18 Å². The van der Waals surface area contributed by atoms with Gasteiger partial charge in [-0.25, -0.2) is 4.39 Å². The minimum absolute atomic E-state index is 0.00791. The molecule has 2 aromatic carbocycles. The monoisotopic (exact) mass is 312 g/mol. The summed E-state index contributed by atoms with van der Waals surface area (Å²) in [5, 5.41) is 2.90. The number of carbonyl (C=O) groups excluding carboxylic acids is 1. The summed E-state index contributed by atoms with van der Waals surface area (Å²) in [6.07, 6.45) is 0. The first-order valence-electron chi connectivity index (χ1n) is 7.90. The molecule has 0 bridgehead atoms. The summed E-state index contributed by atoms with van der Waals surface area (Å²) >= 11 is 0. The van der Waals surface area contributed by atoms with Crippen LogP contribution in [0.1, 0.15) is 17.0 Å². The number of halogens is 1. The molecule has 23 heavy (non-hydrogen) atoms. The lowest BCUT2D eigenvalue weighted by molar-refractivity contribution is -0.125. The van der Waals surface area contributed by atoms with Crippen LogP contribution in [-0.2, 0) is 11.3 Å². The lowest BCUT2D eigenvalue weighted by Crippen LogP contribution is -2.34. The highest BCUT2D eigenvalue weighted by Gasteiger charge is 2.36. The predicted octanol–water partition coefficient (Wildman–Crippen LogP) is 2.79.